The Labute approximate surface area is 159 Å². The van der Waals surface area contributed by atoms with Gasteiger partial charge in [-0.3, -0.25) is 4.79 Å². The molecule has 1 aliphatic rings. The second-order valence-electron chi connectivity index (χ2n) is 6.46. The molecular weight excluding hydrogens is 350 g/mol. The van der Waals surface area contributed by atoms with Crippen LogP contribution >= 0.6 is 11.6 Å². The first-order valence-corrected chi connectivity index (χ1v) is 9.30. The summed E-state index contributed by atoms with van der Waals surface area (Å²) >= 11 is 5.95. The summed E-state index contributed by atoms with van der Waals surface area (Å²) in [4.78, 5) is 16.1. The summed E-state index contributed by atoms with van der Waals surface area (Å²) in [5.41, 5.74) is 1.94. The zero-order valence-corrected chi connectivity index (χ0v) is 15.8. The van der Waals surface area contributed by atoms with Gasteiger partial charge in [0.25, 0.3) is 0 Å². The quantitative estimate of drug-likeness (QED) is 0.813. The van der Waals surface area contributed by atoms with Crippen LogP contribution in [-0.2, 0) is 4.79 Å². The predicted octanol–water partition coefficient (Wildman–Crippen LogP) is 2.08. The number of para-hydroxylation sites is 2. The van der Waals surface area contributed by atoms with E-state index in [2.05, 4.69) is 22.3 Å². The number of ether oxygens (including phenoxy) is 1. The van der Waals surface area contributed by atoms with Crippen molar-refractivity contribution in [1.29, 1.82) is 0 Å². The summed E-state index contributed by atoms with van der Waals surface area (Å²) in [6.07, 6.45) is 0.508. The second-order valence-corrected chi connectivity index (χ2v) is 6.90. The molecule has 0 atom stereocenters. The van der Waals surface area contributed by atoms with Crippen molar-refractivity contribution in [3.05, 3.63) is 53.6 Å². The van der Waals surface area contributed by atoms with Gasteiger partial charge in [-0.25, -0.2) is 0 Å². The highest BCUT2D eigenvalue weighted by Crippen LogP contribution is 2.23. The number of benzene rings is 2. The Morgan fingerprint density at radius 1 is 1.15 bits per heavy atom. The molecule has 0 unspecified atom stereocenters. The number of quaternary nitrogens is 1. The van der Waals surface area contributed by atoms with Crippen LogP contribution in [0.5, 0.6) is 5.75 Å². The number of nitrogens with zero attached hydrogens (tertiary/aromatic N) is 1. The third-order valence-corrected chi connectivity index (χ3v) is 5.00. The topological polar surface area (TPSA) is 46.0 Å². The predicted molar refractivity (Wildman–Crippen MR) is 105 cm³/mol. The van der Waals surface area contributed by atoms with Gasteiger partial charge >= 0.3 is 0 Å². The summed E-state index contributed by atoms with van der Waals surface area (Å²) in [6, 6.07) is 15.5. The molecule has 0 spiro atoms. The van der Waals surface area contributed by atoms with Crippen LogP contribution in [-0.4, -0.2) is 45.7 Å². The third kappa shape index (κ3) is 4.90. The Morgan fingerprint density at radius 2 is 1.85 bits per heavy atom. The highest BCUT2D eigenvalue weighted by Gasteiger charge is 2.21. The number of anilines is 2. The Hall–Kier alpha value is -2.24. The molecule has 1 aliphatic heterocycles. The number of piperazine rings is 1. The number of rotatable bonds is 6. The molecule has 0 saturated carbocycles. The minimum Gasteiger partial charge on any atom is -0.495 e. The van der Waals surface area contributed by atoms with Crippen LogP contribution in [0, 0.1) is 0 Å². The normalized spacial score (nSPS) is 14.9. The first-order valence-electron chi connectivity index (χ1n) is 8.92. The van der Waals surface area contributed by atoms with E-state index in [-0.39, 0.29) is 5.91 Å². The first-order chi connectivity index (χ1) is 12.7. The number of methoxy groups -OCH3 is 1. The average Bonchev–Trinajstić information content (AvgIpc) is 2.68. The Bertz CT molecular complexity index is 728. The monoisotopic (exact) mass is 374 g/mol. The molecular formula is C20H25ClN3O2+. The molecule has 0 aliphatic carbocycles. The molecule has 1 heterocycles. The van der Waals surface area contributed by atoms with Crippen LogP contribution in [0.2, 0.25) is 5.02 Å². The van der Waals surface area contributed by atoms with Gasteiger partial charge in [-0.05, 0) is 36.4 Å². The van der Waals surface area contributed by atoms with Crippen LogP contribution in [0.4, 0.5) is 11.4 Å². The molecule has 6 heteroatoms. The van der Waals surface area contributed by atoms with Gasteiger partial charge < -0.3 is 19.9 Å². The molecule has 0 aromatic heterocycles. The minimum absolute atomic E-state index is 0.0298. The van der Waals surface area contributed by atoms with E-state index in [4.69, 9.17) is 16.3 Å². The summed E-state index contributed by atoms with van der Waals surface area (Å²) < 4.78 is 5.27. The van der Waals surface area contributed by atoms with E-state index in [0.717, 1.165) is 43.4 Å². The van der Waals surface area contributed by atoms with Crippen molar-refractivity contribution in [3.8, 4) is 5.75 Å². The van der Waals surface area contributed by atoms with Crippen molar-refractivity contribution >= 4 is 28.9 Å². The molecule has 2 aromatic carbocycles. The number of carbonyl (C=O) groups excluding carboxylic acids is 1. The van der Waals surface area contributed by atoms with E-state index in [0.29, 0.717) is 12.2 Å². The molecule has 26 heavy (non-hydrogen) atoms. The molecule has 1 fully saturated rings. The number of nitrogens with one attached hydrogen (secondary N) is 2. The van der Waals surface area contributed by atoms with E-state index < -0.39 is 0 Å². The van der Waals surface area contributed by atoms with Gasteiger partial charge in [0.05, 0.1) is 51.9 Å². The summed E-state index contributed by atoms with van der Waals surface area (Å²) in [5, 5.41) is 3.70. The molecule has 0 radical (unpaired) electrons. The smallest absolute Gasteiger partial charge is 0.230 e. The average molecular weight is 375 g/mol. The molecule has 0 bridgehead atoms. The van der Waals surface area contributed by atoms with E-state index in [1.165, 1.54) is 10.6 Å². The van der Waals surface area contributed by atoms with E-state index in [1.807, 2.05) is 36.4 Å². The molecule has 138 valence electrons. The van der Waals surface area contributed by atoms with Crippen LogP contribution in [0.3, 0.4) is 0 Å². The maximum atomic E-state index is 12.2. The molecule has 2 aromatic rings. The molecule has 5 nitrogen and oxygen atoms in total. The molecule has 2 N–H and O–H groups in total. The summed E-state index contributed by atoms with van der Waals surface area (Å²) in [6.45, 7) is 4.89. The summed E-state index contributed by atoms with van der Waals surface area (Å²) in [7, 11) is 1.61. The van der Waals surface area contributed by atoms with E-state index in [1.54, 1.807) is 7.11 Å². The number of hydrogen-bond donors (Lipinski definition) is 2. The van der Waals surface area contributed by atoms with Crippen LogP contribution < -0.4 is 19.9 Å². The summed E-state index contributed by atoms with van der Waals surface area (Å²) in [5.74, 6) is 0.715. The molecule has 1 saturated heterocycles. The third-order valence-electron chi connectivity index (χ3n) is 4.75. The second kappa shape index (κ2) is 8.92. The van der Waals surface area contributed by atoms with Gasteiger partial charge in [-0.15, -0.1) is 0 Å². The number of hydrogen-bond acceptors (Lipinski definition) is 3. The Morgan fingerprint density at radius 3 is 2.54 bits per heavy atom. The van der Waals surface area contributed by atoms with Crippen LogP contribution in [0.15, 0.2) is 48.5 Å². The number of carbonyl (C=O) groups is 1. The Balaban J connectivity index is 1.43. The number of halogens is 1. The van der Waals surface area contributed by atoms with Gasteiger partial charge in [0.1, 0.15) is 5.75 Å². The standard InChI is InChI=1S/C20H24ClN3O2/c1-26-19-5-3-2-4-18(19)22-20(25)10-11-23-12-14-24(15-13-23)17-8-6-16(21)7-9-17/h2-9H,10-15H2,1H3,(H,22,25)/p+1. The lowest BCUT2D eigenvalue weighted by molar-refractivity contribution is -0.900. The van der Waals surface area contributed by atoms with Crippen molar-refractivity contribution in [3.63, 3.8) is 0 Å². The van der Waals surface area contributed by atoms with Gasteiger partial charge in [0.2, 0.25) is 5.91 Å². The van der Waals surface area contributed by atoms with Crippen molar-refractivity contribution in [2.75, 3.05) is 50.1 Å². The zero-order chi connectivity index (χ0) is 18.4. The van der Waals surface area contributed by atoms with Crippen LogP contribution in [0.1, 0.15) is 6.42 Å². The highest BCUT2D eigenvalue weighted by atomic mass is 35.5. The highest BCUT2D eigenvalue weighted by molar-refractivity contribution is 6.30. The Kier molecular flexibility index (Phi) is 6.36. The largest absolute Gasteiger partial charge is 0.495 e. The SMILES string of the molecule is COc1ccccc1NC(=O)CC[NH+]1CCN(c2ccc(Cl)cc2)CC1. The van der Waals surface area contributed by atoms with Gasteiger partial charge in [-0.1, -0.05) is 23.7 Å². The minimum atomic E-state index is 0.0298. The fraction of sp³-hybridized carbons (Fsp3) is 0.350. The fourth-order valence-electron chi connectivity index (χ4n) is 3.23. The molecule has 1 amide bonds. The maximum absolute atomic E-state index is 12.2. The van der Waals surface area contributed by atoms with Gasteiger partial charge in [-0.2, -0.15) is 0 Å². The van der Waals surface area contributed by atoms with Crippen molar-refractivity contribution in [1.82, 2.24) is 0 Å². The molecule has 3 rings (SSSR count). The first kappa shape index (κ1) is 18.5. The van der Waals surface area contributed by atoms with E-state index in [9.17, 15) is 4.79 Å². The lowest BCUT2D eigenvalue weighted by Crippen LogP contribution is -3.15. The van der Waals surface area contributed by atoms with Crippen molar-refractivity contribution in [2.24, 2.45) is 0 Å². The van der Waals surface area contributed by atoms with Crippen LogP contribution in [0.25, 0.3) is 0 Å². The van der Waals surface area contributed by atoms with Gasteiger partial charge in [0, 0.05) is 10.7 Å². The van der Waals surface area contributed by atoms with Crippen molar-refractivity contribution < 1.29 is 14.4 Å². The maximum Gasteiger partial charge on any atom is 0.230 e. The fourth-order valence-corrected chi connectivity index (χ4v) is 3.36. The zero-order valence-electron chi connectivity index (χ0n) is 15.0. The van der Waals surface area contributed by atoms with Gasteiger partial charge in [0.15, 0.2) is 0 Å². The van der Waals surface area contributed by atoms with Crippen molar-refractivity contribution in [2.45, 2.75) is 6.42 Å². The lowest BCUT2D eigenvalue weighted by Gasteiger charge is -2.33. The lowest BCUT2D eigenvalue weighted by atomic mass is 10.2. The van der Waals surface area contributed by atoms with E-state index >= 15 is 0 Å². The number of amides is 1.